The summed E-state index contributed by atoms with van der Waals surface area (Å²) in [5, 5.41) is 13.4. The van der Waals surface area contributed by atoms with Crippen LogP contribution in [0.2, 0.25) is 0 Å². The lowest BCUT2D eigenvalue weighted by atomic mass is 10.1. The Bertz CT molecular complexity index is 666. The monoisotopic (exact) mass is 327 g/mol. The molecule has 0 radical (unpaired) electrons. The molecule has 1 aromatic carbocycles. The highest BCUT2D eigenvalue weighted by molar-refractivity contribution is 5.91. The molecular formula is C18H21N3O3. The molecule has 1 aliphatic heterocycles. The Morgan fingerprint density at radius 1 is 1.25 bits per heavy atom. The van der Waals surface area contributed by atoms with Gasteiger partial charge in [0.1, 0.15) is 23.8 Å². The number of nitrogens with zero attached hydrogens (tertiary/aromatic N) is 2. The maximum absolute atomic E-state index is 12.1. The largest absolute Gasteiger partial charge is 0.491 e. The van der Waals surface area contributed by atoms with E-state index in [0.29, 0.717) is 25.3 Å². The molecule has 6 nitrogen and oxygen atoms in total. The van der Waals surface area contributed by atoms with Crippen molar-refractivity contribution in [1.82, 2.24) is 9.88 Å². The van der Waals surface area contributed by atoms with E-state index in [9.17, 15) is 9.90 Å². The van der Waals surface area contributed by atoms with E-state index in [0.717, 1.165) is 5.75 Å². The molecule has 2 heterocycles. The summed E-state index contributed by atoms with van der Waals surface area (Å²) in [6, 6.07) is 14.8. The van der Waals surface area contributed by atoms with Crippen molar-refractivity contribution in [3.8, 4) is 5.75 Å². The van der Waals surface area contributed by atoms with E-state index in [-0.39, 0.29) is 19.1 Å². The zero-order valence-corrected chi connectivity index (χ0v) is 13.4. The molecule has 0 bridgehead atoms. The SMILES string of the molecule is O=C(CN1CC[C@](O)(COc2ccccc2)C1)Nc1ccccn1. The zero-order valence-electron chi connectivity index (χ0n) is 13.4. The van der Waals surface area contributed by atoms with Crippen molar-refractivity contribution < 1.29 is 14.6 Å². The Balaban J connectivity index is 1.46. The van der Waals surface area contributed by atoms with Crippen LogP contribution >= 0.6 is 0 Å². The number of carbonyl (C=O) groups is 1. The number of rotatable bonds is 6. The number of likely N-dealkylation sites (tertiary alicyclic amines) is 1. The lowest BCUT2D eigenvalue weighted by molar-refractivity contribution is -0.117. The molecule has 0 unspecified atom stereocenters. The molecule has 24 heavy (non-hydrogen) atoms. The van der Waals surface area contributed by atoms with Crippen LogP contribution in [0.4, 0.5) is 5.82 Å². The van der Waals surface area contributed by atoms with Crippen molar-refractivity contribution in [3.63, 3.8) is 0 Å². The topological polar surface area (TPSA) is 74.7 Å². The summed E-state index contributed by atoms with van der Waals surface area (Å²) in [6.07, 6.45) is 2.21. The van der Waals surface area contributed by atoms with Gasteiger partial charge in [0.25, 0.3) is 0 Å². The van der Waals surface area contributed by atoms with Gasteiger partial charge in [0.2, 0.25) is 5.91 Å². The highest BCUT2D eigenvalue weighted by Gasteiger charge is 2.37. The molecular weight excluding hydrogens is 306 g/mol. The Morgan fingerprint density at radius 3 is 2.79 bits per heavy atom. The number of para-hydroxylation sites is 1. The number of carbonyl (C=O) groups excluding carboxylic acids is 1. The molecule has 6 heteroatoms. The molecule has 0 aliphatic carbocycles. The number of ether oxygens (including phenoxy) is 1. The number of benzene rings is 1. The molecule has 1 fully saturated rings. The van der Waals surface area contributed by atoms with Crippen molar-refractivity contribution in [2.75, 3.05) is 31.6 Å². The van der Waals surface area contributed by atoms with Gasteiger partial charge in [0.15, 0.2) is 0 Å². The number of β-amino-alcohol motifs (C(OH)–C–C–N with tert-alkyl or cyclic N) is 1. The van der Waals surface area contributed by atoms with Crippen LogP contribution < -0.4 is 10.1 Å². The first-order valence-electron chi connectivity index (χ1n) is 7.96. The normalized spacial score (nSPS) is 20.7. The fourth-order valence-corrected chi connectivity index (χ4v) is 2.75. The van der Waals surface area contributed by atoms with Crippen molar-refractivity contribution in [1.29, 1.82) is 0 Å². The molecule has 0 saturated carbocycles. The van der Waals surface area contributed by atoms with Gasteiger partial charge in [0.05, 0.1) is 6.54 Å². The first kappa shape index (κ1) is 16.4. The maximum atomic E-state index is 12.1. The van der Waals surface area contributed by atoms with Crippen LogP contribution in [0.5, 0.6) is 5.75 Å². The predicted octanol–water partition coefficient (Wildman–Crippen LogP) is 1.54. The number of aromatic nitrogens is 1. The molecule has 126 valence electrons. The fourth-order valence-electron chi connectivity index (χ4n) is 2.75. The summed E-state index contributed by atoms with van der Waals surface area (Å²) in [5.41, 5.74) is -0.929. The summed E-state index contributed by atoms with van der Waals surface area (Å²) < 4.78 is 5.65. The van der Waals surface area contributed by atoms with E-state index in [2.05, 4.69) is 10.3 Å². The Morgan fingerprint density at radius 2 is 2.04 bits per heavy atom. The molecule has 0 spiro atoms. The van der Waals surface area contributed by atoms with Gasteiger partial charge in [-0.25, -0.2) is 4.98 Å². The van der Waals surface area contributed by atoms with Gasteiger partial charge in [-0.3, -0.25) is 9.69 Å². The van der Waals surface area contributed by atoms with E-state index in [1.54, 1.807) is 18.3 Å². The van der Waals surface area contributed by atoms with Crippen molar-refractivity contribution in [2.24, 2.45) is 0 Å². The quantitative estimate of drug-likeness (QED) is 0.842. The lowest BCUT2D eigenvalue weighted by Crippen LogP contribution is -2.41. The zero-order chi connectivity index (χ0) is 16.8. The summed E-state index contributed by atoms with van der Waals surface area (Å²) in [7, 11) is 0. The van der Waals surface area contributed by atoms with Gasteiger partial charge in [-0.1, -0.05) is 24.3 Å². The van der Waals surface area contributed by atoms with E-state index in [1.807, 2.05) is 41.3 Å². The third-order valence-corrected chi connectivity index (χ3v) is 3.96. The van der Waals surface area contributed by atoms with Crippen molar-refractivity contribution >= 4 is 11.7 Å². The van der Waals surface area contributed by atoms with Crippen LogP contribution in [0.3, 0.4) is 0 Å². The molecule has 1 amide bonds. The van der Waals surface area contributed by atoms with Crippen LogP contribution in [0, 0.1) is 0 Å². The third kappa shape index (κ3) is 4.53. The molecule has 1 atom stereocenters. The van der Waals surface area contributed by atoms with Crippen LogP contribution in [-0.4, -0.2) is 52.7 Å². The smallest absolute Gasteiger partial charge is 0.239 e. The number of hydrogen-bond acceptors (Lipinski definition) is 5. The maximum Gasteiger partial charge on any atom is 0.239 e. The summed E-state index contributed by atoms with van der Waals surface area (Å²) in [4.78, 5) is 18.0. The summed E-state index contributed by atoms with van der Waals surface area (Å²) in [6.45, 7) is 1.51. The number of aliphatic hydroxyl groups is 1. The molecule has 2 aromatic rings. The average Bonchev–Trinajstić information content (AvgIpc) is 2.96. The van der Waals surface area contributed by atoms with Gasteiger partial charge < -0.3 is 15.2 Å². The minimum Gasteiger partial charge on any atom is -0.491 e. The molecule has 1 aromatic heterocycles. The van der Waals surface area contributed by atoms with E-state index < -0.39 is 5.60 Å². The Kier molecular flexibility index (Phi) is 5.08. The summed E-state index contributed by atoms with van der Waals surface area (Å²) >= 11 is 0. The van der Waals surface area contributed by atoms with Gasteiger partial charge in [-0.15, -0.1) is 0 Å². The fraction of sp³-hybridized carbons (Fsp3) is 0.333. The van der Waals surface area contributed by atoms with Gasteiger partial charge in [-0.05, 0) is 30.7 Å². The van der Waals surface area contributed by atoms with Crippen LogP contribution in [-0.2, 0) is 4.79 Å². The van der Waals surface area contributed by atoms with Crippen molar-refractivity contribution in [3.05, 3.63) is 54.7 Å². The van der Waals surface area contributed by atoms with E-state index in [4.69, 9.17) is 4.74 Å². The number of pyridine rings is 1. The highest BCUT2D eigenvalue weighted by Crippen LogP contribution is 2.22. The van der Waals surface area contributed by atoms with Crippen LogP contribution in [0.15, 0.2) is 54.7 Å². The summed E-state index contributed by atoms with van der Waals surface area (Å²) in [5.74, 6) is 1.13. The van der Waals surface area contributed by atoms with Gasteiger partial charge in [0, 0.05) is 19.3 Å². The molecule has 1 aliphatic rings. The predicted molar refractivity (Wildman–Crippen MR) is 90.8 cm³/mol. The Hall–Kier alpha value is -2.44. The minimum absolute atomic E-state index is 0.137. The van der Waals surface area contributed by atoms with Gasteiger partial charge in [-0.2, -0.15) is 0 Å². The number of hydrogen-bond donors (Lipinski definition) is 2. The van der Waals surface area contributed by atoms with Gasteiger partial charge >= 0.3 is 0 Å². The number of anilines is 1. The first-order valence-corrected chi connectivity index (χ1v) is 7.96. The number of nitrogens with one attached hydrogen (secondary N) is 1. The molecule has 2 N–H and O–H groups in total. The van der Waals surface area contributed by atoms with E-state index >= 15 is 0 Å². The molecule has 1 saturated heterocycles. The average molecular weight is 327 g/mol. The first-order chi connectivity index (χ1) is 11.6. The van der Waals surface area contributed by atoms with Crippen LogP contribution in [0.1, 0.15) is 6.42 Å². The van der Waals surface area contributed by atoms with Crippen LogP contribution in [0.25, 0.3) is 0 Å². The van der Waals surface area contributed by atoms with Crippen molar-refractivity contribution in [2.45, 2.75) is 12.0 Å². The number of amides is 1. The lowest BCUT2D eigenvalue weighted by Gasteiger charge is -2.23. The molecule has 3 rings (SSSR count). The minimum atomic E-state index is -0.929. The highest BCUT2D eigenvalue weighted by atomic mass is 16.5. The Labute approximate surface area is 141 Å². The third-order valence-electron chi connectivity index (χ3n) is 3.96. The van der Waals surface area contributed by atoms with E-state index in [1.165, 1.54) is 0 Å². The second kappa shape index (κ2) is 7.42. The second-order valence-electron chi connectivity index (χ2n) is 6.05. The second-order valence-corrected chi connectivity index (χ2v) is 6.05. The standard InChI is InChI=1S/C18H21N3O3/c22-17(20-16-8-4-5-10-19-16)12-21-11-9-18(23,13-21)14-24-15-6-2-1-3-7-15/h1-8,10,23H,9,11-14H2,(H,19,20,22)/t18-/m1/s1.